The number of fused-ring (bicyclic) bond motifs is 2. The van der Waals surface area contributed by atoms with Crippen molar-refractivity contribution in [3.8, 4) is 0 Å². The summed E-state index contributed by atoms with van der Waals surface area (Å²) in [6.07, 6.45) is 3.75. The Morgan fingerprint density at radius 2 is 1.79 bits per heavy atom. The van der Waals surface area contributed by atoms with Crippen LogP contribution >= 0.6 is 0 Å². The lowest BCUT2D eigenvalue weighted by molar-refractivity contribution is -0.148. The van der Waals surface area contributed by atoms with Gasteiger partial charge in [-0.1, -0.05) is 24.3 Å². The third kappa shape index (κ3) is 4.16. The Morgan fingerprint density at radius 3 is 2.59 bits per heavy atom. The number of esters is 1. The highest BCUT2D eigenvalue weighted by Crippen LogP contribution is 2.29. The molecule has 0 unspecified atom stereocenters. The molecule has 178 valence electrons. The number of ether oxygens (including phenoxy) is 1. The summed E-state index contributed by atoms with van der Waals surface area (Å²) in [7, 11) is -3.59. The van der Waals surface area contributed by atoms with Gasteiger partial charge in [-0.05, 0) is 68.4 Å². The van der Waals surface area contributed by atoms with Gasteiger partial charge >= 0.3 is 5.97 Å². The van der Waals surface area contributed by atoms with Crippen LogP contribution in [0.25, 0.3) is 10.9 Å². The number of carbonyl (C=O) groups excluding carboxylic acids is 2. The van der Waals surface area contributed by atoms with E-state index in [4.69, 9.17) is 4.74 Å². The lowest BCUT2D eigenvalue weighted by atomic mass is 9.98. The summed E-state index contributed by atoms with van der Waals surface area (Å²) in [5.41, 5.74) is 4.50. The predicted octanol–water partition coefficient (Wildman–Crippen LogP) is 3.79. The predicted molar refractivity (Wildman–Crippen MR) is 128 cm³/mol. The molecule has 34 heavy (non-hydrogen) atoms. The van der Waals surface area contributed by atoms with Crippen LogP contribution in [0.4, 0.5) is 0 Å². The first-order valence-electron chi connectivity index (χ1n) is 11.7. The summed E-state index contributed by atoms with van der Waals surface area (Å²) in [5.74, 6) is -1.11. The van der Waals surface area contributed by atoms with Crippen LogP contribution in [0.2, 0.25) is 0 Å². The van der Waals surface area contributed by atoms with Crippen LogP contribution in [-0.4, -0.2) is 49.2 Å². The third-order valence-corrected chi connectivity index (χ3v) is 8.91. The van der Waals surface area contributed by atoms with Crippen molar-refractivity contribution in [3.05, 3.63) is 64.8 Å². The average molecular weight is 481 g/mol. The molecule has 0 spiro atoms. The molecule has 5 rings (SSSR count). The summed E-state index contributed by atoms with van der Waals surface area (Å²) < 4.78 is 33.0. The minimum Gasteiger partial charge on any atom is -0.457 e. The normalized spacial score (nSPS) is 17.1. The van der Waals surface area contributed by atoms with Crippen molar-refractivity contribution in [1.82, 2.24) is 9.29 Å². The first kappa shape index (κ1) is 22.8. The van der Waals surface area contributed by atoms with E-state index in [0.29, 0.717) is 23.3 Å². The molecule has 0 amide bonds. The molecule has 0 radical (unpaired) electrons. The lowest BCUT2D eigenvalue weighted by Crippen LogP contribution is -2.40. The van der Waals surface area contributed by atoms with Gasteiger partial charge in [0.05, 0.1) is 10.8 Å². The summed E-state index contributed by atoms with van der Waals surface area (Å²) in [4.78, 5) is 28.9. The second kappa shape index (κ2) is 9.00. The number of H-pyrrole nitrogens is 1. The zero-order valence-electron chi connectivity index (χ0n) is 19.2. The monoisotopic (exact) mass is 480 g/mol. The van der Waals surface area contributed by atoms with Crippen LogP contribution in [-0.2, 0) is 32.4 Å². The van der Waals surface area contributed by atoms with Gasteiger partial charge in [-0.15, -0.1) is 0 Å². The van der Waals surface area contributed by atoms with Gasteiger partial charge in [-0.2, -0.15) is 4.31 Å². The smallest absolute Gasteiger partial charge is 0.309 e. The number of benzene rings is 2. The molecule has 1 fully saturated rings. The van der Waals surface area contributed by atoms with Gasteiger partial charge in [-0.25, -0.2) is 8.42 Å². The maximum Gasteiger partial charge on any atom is 0.309 e. The van der Waals surface area contributed by atoms with Crippen LogP contribution < -0.4 is 0 Å². The standard InChI is InChI=1S/C26H28N2O5S/c1-17-25(22-7-2-3-8-23(22)27-17)24(29)16-33-26(30)19-11-13-28(14-12-19)34(31,32)21-10-9-18-5-4-6-20(18)15-21/h2-3,7-10,15,19,27H,4-6,11-14,16H2,1H3. The van der Waals surface area contributed by atoms with Crippen molar-refractivity contribution in [2.75, 3.05) is 19.7 Å². The number of nitrogens with one attached hydrogen (secondary N) is 1. The molecule has 2 aliphatic rings. The van der Waals surface area contributed by atoms with E-state index < -0.39 is 21.9 Å². The lowest BCUT2D eigenvalue weighted by Gasteiger charge is -2.30. The number of piperidine rings is 1. The Labute approximate surface area is 199 Å². The number of aromatic nitrogens is 1. The Balaban J connectivity index is 1.18. The number of hydrogen-bond acceptors (Lipinski definition) is 5. The maximum atomic E-state index is 13.1. The van der Waals surface area contributed by atoms with E-state index in [-0.39, 0.29) is 25.5 Å². The van der Waals surface area contributed by atoms with Gasteiger partial charge in [0.1, 0.15) is 0 Å². The maximum absolute atomic E-state index is 13.1. The summed E-state index contributed by atoms with van der Waals surface area (Å²) in [6.45, 7) is 2.02. The van der Waals surface area contributed by atoms with Gasteiger partial charge in [0.15, 0.2) is 6.61 Å². The molecule has 3 aromatic rings. The molecule has 1 N–H and O–H groups in total. The number of aromatic amines is 1. The van der Waals surface area contributed by atoms with Gasteiger partial charge in [0, 0.05) is 35.2 Å². The van der Waals surface area contributed by atoms with Gasteiger partial charge in [0.25, 0.3) is 0 Å². The van der Waals surface area contributed by atoms with Crippen molar-refractivity contribution in [2.45, 2.75) is 43.9 Å². The number of sulfonamides is 1. The molecule has 2 heterocycles. The number of ketones is 1. The number of para-hydroxylation sites is 1. The topological polar surface area (TPSA) is 96.5 Å². The second-order valence-electron chi connectivity index (χ2n) is 9.16. The SMILES string of the molecule is Cc1[nH]c2ccccc2c1C(=O)COC(=O)C1CCN(S(=O)(=O)c2ccc3c(c2)CCC3)CC1. The summed E-state index contributed by atoms with van der Waals surface area (Å²) >= 11 is 0. The fourth-order valence-corrected chi connectivity index (χ4v) is 6.67. The van der Waals surface area contributed by atoms with E-state index in [1.807, 2.05) is 37.3 Å². The van der Waals surface area contributed by atoms with Crippen LogP contribution in [0.1, 0.15) is 46.4 Å². The zero-order valence-corrected chi connectivity index (χ0v) is 20.0. The molecular weight excluding hydrogens is 452 g/mol. The van der Waals surface area contributed by atoms with Crippen molar-refractivity contribution < 1.29 is 22.7 Å². The van der Waals surface area contributed by atoms with E-state index >= 15 is 0 Å². The first-order chi connectivity index (χ1) is 16.3. The van der Waals surface area contributed by atoms with Crippen LogP contribution in [0.5, 0.6) is 0 Å². The van der Waals surface area contributed by atoms with E-state index in [2.05, 4.69) is 4.98 Å². The molecule has 0 atom stereocenters. The van der Waals surface area contributed by atoms with E-state index in [1.54, 1.807) is 12.1 Å². The molecule has 7 nitrogen and oxygen atoms in total. The van der Waals surface area contributed by atoms with Crippen LogP contribution in [0.3, 0.4) is 0 Å². The summed E-state index contributed by atoms with van der Waals surface area (Å²) in [6, 6.07) is 12.9. The Morgan fingerprint density at radius 1 is 1.06 bits per heavy atom. The number of nitrogens with zero attached hydrogens (tertiary/aromatic N) is 1. The summed E-state index contributed by atoms with van der Waals surface area (Å²) in [5, 5.41) is 0.811. The highest BCUT2D eigenvalue weighted by Gasteiger charge is 2.33. The molecule has 1 saturated heterocycles. The second-order valence-corrected chi connectivity index (χ2v) is 11.1. The quantitative estimate of drug-likeness (QED) is 0.428. The highest BCUT2D eigenvalue weighted by molar-refractivity contribution is 7.89. The Bertz CT molecular complexity index is 1370. The molecule has 0 saturated carbocycles. The van der Waals surface area contributed by atoms with Crippen LogP contribution in [0, 0.1) is 12.8 Å². The molecule has 2 aromatic carbocycles. The highest BCUT2D eigenvalue weighted by atomic mass is 32.2. The Kier molecular flexibility index (Phi) is 6.04. The molecule has 1 aliphatic heterocycles. The van der Waals surface area contributed by atoms with E-state index in [9.17, 15) is 18.0 Å². The van der Waals surface area contributed by atoms with Crippen molar-refractivity contribution in [1.29, 1.82) is 0 Å². The number of rotatable bonds is 6. The minimum atomic E-state index is -3.59. The molecule has 0 bridgehead atoms. The number of Topliss-reactive ketones (excluding diaryl/α,β-unsaturated/α-hetero) is 1. The largest absolute Gasteiger partial charge is 0.457 e. The van der Waals surface area contributed by atoms with E-state index in [1.165, 1.54) is 9.87 Å². The molecular formula is C26H28N2O5S. The van der Waals surface area contributed by atoms with Gasteiger partial charge in [0.2, 0.25) is 15.8 Å². The van der Waals surface area contributed by atoms with Crippen molar-refractivity contribution >= 4 is 32.7 Å². The fourth-order valence-electron chi connectivity index (χ4n) is 5.15. The van der Waals surface area contributed by atoms with Crippen molar-refractivity contribution in [2.24, 2.45) is 5.92 Å². The van der Waals surface area contributed by atoms with Gasteiger partial charge in [-0.3, -0.25) is 9.59 Å². The zero-order chi connectivity index (χ0) is 23.9. The minimum absolute atomic E-state index is 0.250. The number of carbonyl (C=O) groups is 2. The van der Waals surface area contributed by atoms with Gasteiger partial charge < -0.3 is 9.72 Å². The molecule has 1 aromatic heterocycles. The third-order valence-electron chi connectivity index (χ3n) is 7.01. The van der Waals surface area contributed by atoms with Crippen LogP contribution in [0.15, 0.2) is 47.4 Å². The average Bonchev–Trinajstić information content (AvgIpc) is 3.45. The first-order valence-corrected chi connectivity index (χ1v) is 13.2. The number of aryl methyl sites for hydroxylation is 3. The molecule has 1 aliphatic carbocycles. The van der Waals surface area contributed by atoms with Crippen molar-refractivity contribution in [3.63, 3.8) is 0 Å². The molecule has 8 heteroatoms. The van der Waals surface area contributed by atoms with E-state index in [0.717, 1.165) is 41.4 Å². The number of hydrogen-bond donors (Lipinski definition) is 1. The Hall–Kier alpha value is -2.97. The fraction of sp³-hybridized carbons (Fsp3) is 0.385.